The van der Waals surface area contributed by atoms with E-state index in [1.165, 1.54) is 225 Å². The van der Waals surface area contributed by atoms with E-state index in [2.05, 4.69) is 27.7 Å². The maximum atomic E-state index is 13.1. The van der Waals surface area contributed by atoms with Crippen LogP contribution in [0.1, 0.15) is 400 Å². The van der Waals surface area contributed by atoms with Crippen molar-refractivity contribution in [2.24, 2.45) is 0 Å². The monoisotopic (exact) mass is 1380 g/mol. The molecule has 94 heavy (non-hydrogen) atoms. The molecule has 0 spiro atoms. The smallest absolute Gasteiger partial charge is 0.462 e. The minimum atomic E-state index is -4.95. The van der Waals surface area contributed by atoms with Crippen LogP contribution in [0.5, 0.6) is 0 Å². The fourth-order valence-corrected chi connectivity index (χ4v) is 13.2. The van der Waals surface area contributed by atoms with E-state index in [0.29, 0.717) is 25.7 Å². The van der Waals surface area contributed by atoms with Crippen LogP contribution in [0.15, 0.2) is 0 Å². The standard InChI is InChI=1S/C75H146O17P2/c1-5-9-13-17-21-25-28-30-32-34-35-37-39-41-43-46-50-54-58-62-75(80)92-71(66-86-73(78)60-56-52-48-45-42-40-38-36-33-31-29-26-22-18-14-10-6-2)68-90-94(83,84)88-64-69(76)63-87-93(81,82)89-67-70(65-85-72(77)59-55-51-47-24-20-16-12-8-4)91-74(79)61-57-53-49-44-27-23-19-15-11-7-3/h69-71,76H,5-68H2,1-4H3,(H,81,82)(H,83,84)/t69-,70+,71+/m0/s1. The van der Waals surface area contributed by atoms with E-state index < -0.39 is 97.5 Å². The molecule has 0 aliphatic rings. The summed E-state index contributed by atoms with van der Waals surface area (Å²) in [6.45, 7) is 4.95. The molecule has 0 rings (SSSR count). The van der Waals surface area contributed by atoms with E-state index >= 15 is 0 Å². The van der Waals surface area contributed by atoms with E-state index in [1.807, 2.05) is 0 Å². The number of carbonyl (C=O) groups is 4. The van der Waals surface area contributed by atoms with Crippen molar-refractivity contribution in [2.45, 2.75) is 418 Å². The number of ether oxygens (including phenoxy) is 4. The number of aliphatic hydroxyl groups is 1. The number of aliphatic hydroxyl groups excluding tert-OH is 1. The Kier molecular flexibility index (Phi) is 68.1. The fourth-order valence-electron chi connectivity index (χ4n) is 11.6. The molecule has 2 unspecified atom stereocenters. The van der Waals surface area contributed by atoms with Crippen molar-refractivity contribution in [3.63, 3.8) is 0 Å². The van der Waals surface area contributed by atoms with Gasteiger partial charge in [0.05, 0.1) is 26.4 Å². The van der Waals surface area contributed by atoms with Gasteiger partial charge in [0, 0.05) is 25.7 Å². The van der Waals surface area contributed by atoms with E-state index in [-0.39, 0.29) is 25.7 Å². The van der Waals surface area contributed by atoms with Crippen LogP contribution in [0.3, 0.4) is 0 Å². The Morgan fingerprint density at radius 2 is 0.426 bits per heavy atom. The van der Waals surface area contributed by atoms with Crippen LogP contribution in [0.4, 0.5) is 0 Å². The number of hydrogen-bond donors (Lipinski definition) is 3. The summed E-state index contributed by atoms with van der Waals surface area (Å²) in [5.41, 5.74) is 0. The van der Waals surface area contributed by atoms with Gasteiger partial charge in [0.2, 0.25) is 0 Å². The van der Waals surface area contributed by atoms with Gasteiger partial charge in [-0.15, -0.1) is 0 Å². The minimum absolute atomic E-state index is 0.107. The first-order chi connectivity index (χ1) is 45.7. The number of carbonyl (C=O) groups excluding carboxylic acids is 4. The summed E-state index contributed by atoms with van der Waals surface area (Å²) in [5, 5.41) is 10.6. The van der Waals surface area contributed by atoms with Crippen molar-refractivity contribution in [3.05, 3.63) is 0 Å². The maximum absolute atomic E-state index is 13.1. The van der Waals surface area contributed by atoms with Crippen molar-refractivity contribution in [2.75, 3.05) is 39.6 Å². The molecule has 0 aromatic rings. The molecule has 17 nitrogen and oxygen atoms in total. The first-order valence-electron chi connectivity index (χ1n) is 39.3. The Labute approximate surface area is 575 Å². The average Bonchev–Trinajstić information content (AvgIpc) is 1.41. The van der Waals surface area contributed by atoms with E-state index in [1.54, 1.807) is 0 Å². The van der Waals surface area contributed by atoms with Crippen LogP contribution in [0.25, 0.3) is 0 Å². The zero-order valence-corrected chi connectivity index (χ0v) is 62.7. The molecule has 0 aliphatic carbocycles. The lowest BCUT2D eigenvalue weighted by atomic mass is 10.0. The Hall–Kier alpha value is -1.94. The Bertz CT molecular complexity index is 1790. The largest absolute Gasteiger partial charge is 0.472 e. The third-order valence-corrected chi connectivity index (χ3v) is 19.5. The molecule has 0 saturated heterocycles. The second kappa shape index (κ2) is 69.5. The first-order valence-corrected chi connectivity index (χ1v) is 42.3. The Morgan fingerprint density at radius 3 is 0.628 bits per heavy atom. The fraction of sp³-hybridized carbons (Fsp3) is 0.947. The summed E-state index contributed by atoms with van der Waals surface area (Å²) in [6.07, 6.45) is 59.8. The summed E-state index contributed by atoms with van der Waals surface area (Å²) in [5.74, 6) is -2.12. The second-order valence-electron chi connectivity index (χ2n) is 27.0. The van der Waals surface area contributed by atoms with Crippen LogP contribution in [0, 0.1) is 0 Å². The van der Waals surface area contributed by atoms with Crippen molar-refractivity contribution in [1.29, 1.82) is 0 Å². The summed E-state index contributed by atoms with van der Waals surface area (Å²) in [6, 6.07) is 0. The highest BCUT2D eigenvalue weighted by atomic mass is 31.2. The lowest BCUT2D eigenvalue weighted by Gasteiger charge is -2.21. The van der Waals surface area contributed by atoms with Crippen molar-refractivity contribution < 1.29 is 80.2 Å². The predicted octanol–water partition coefficient (Wildman–Crippen LogP) is 22.2. The van der Waals surface area contributed by atoms with Gasteiger partial charge in [-0.3, -0.25) is 37.3 Å². The summed E-state index contributed by atoms with van der Waals surface area (Å²) >= 11 is 0. The highest BCUT2D eigenvalue weighted by Crippen LogP contribution is 2.45. The van der Waals surface area contributed by atoms with Gasteiger partial charge >= 0.3 is 39.5 Å². The van der Waals surface area contributed by atoms with Gasteiger partial charge < -0.3 is 33.8 Å². The molecule has 0 saturated carbocycles. The van der Waals surface area contributed by atoms with Crippen molar-refractivity contribution >= 4 is 39.5 Å². The van der Waals surface area contributed by atoms with Gasteiger partial charge in [0.15, 0.2) is 12.2 Å². The van der Waals surface area contributed by atoms with E-state index in [9.17, 15) is 43.2 Å². The third kappa shape index (κ3) is 68.6. The molecule has 0 aliphatic heterocycles. The molecule has 5 atom stereocenters. The molecule has 0 aromatic carbocycles. The highest BCUT2D eigenvalue weighted by Gasteiger charge is 2.30. The number of rotatable bonds is 76. The minimum Gasteiger partial charge on any atom is -0.462 e. The summed E-state index contributed by atoms with van der Waals surface area (Å²) < 4.78 is 68.4. The lowest BCUT2D eigenvalue weighted by molar-refractivity contribution is -0.161. The Morgan fingerprint density at radius 1 is 0.255 bits per heavy atom. The van der Waals surface area contributed by atoms with Gasteiger partial charge in [-0.05, 0) is 25.7 Å². The number of hydrogen-bond acceptors (Lipinski definition) is 15. The molecule has 0 heterocycles. The summed E-state index contributed by atoms with van der Waals surface area (Å²) in [4.78, 5) is 72.6. The molecular weight excluding hydrogens is 1230 g/mol. The zero-order valence-electron chi connectivity index (χ0n) is 60.9. The van der Waals surface area contributed by atoms with Crippen LogP contribution in [0.2, 0.25) is 0 Å². The van der Waals surface area contributed by atoms with Crippen LogP contribution in [-0.4, -0.2) is 96.7 Å². The molecule has 0 aromatic heterocycles. The van der Waals surface area contributed by atoms with Crippen LogP contribution >= 0.6 is 15.6 Å². The lowest BCUT2D eigenvalue weighted by Crippen LogP contribution is -2.30. The van der Waals surface area contributed by atoms with E-state index in [4.69, 9.17) is 37.0 Å². The number of phosphoric acid groups is 2. The molecule has 19 heteroatoms. The molecule has 0 radical (unpaired) electrons. The van der Waals surface area contributed by atoms with Crippen molar-refractivity contribution in [3.8, 4) is 0 Å². The second-order valence-corrected chi connectivity index (χ2v) is 29.9. The Balaban J connectivity index is 5.18. The molecular formula is C75H146O17P2. The van der Waals surface area contributed by atoms with Gasteiger partial charge in [0.25, 0.3) is 0 Å². The average molecular weight is 1380 g/mol. The van der Waals surface area contributed by atoms with Gasteiger partial charge in [-0.2, -0.15) is 0 Å². The highest BCUT2D eigenvalue weighted by molar-refractivity contribution is 7.47. The molecule has 3 N–H and O–H groups in total. The van der Waals surface area contributed by atoms with E-state index in [0.717, 1.165) is 96.3 Å². The molecule has 0 bridgehead atoms. The first kappa shape index (κ1) is 92.1. The number of unbranched alkanes of at least 4 members (excludes halogenated alkanes) is 50. The molecule has 0 fully saturated rings. The van der Waals surface area contributed by atoms with Gasteiger partial charge in [-0.1, -0.05) is 349 Å². The molecule has 558 valence electrons. The SMILES string of the molecule is CCCCCCCCCCCCCCCCCCCCCC(=O)O[C@H](COC(=O)CCCCCCCCCCCCCCCCCCC)COP(=O)(O)OC[C@@H](O)COP(=O)(O)OC[C@@H](COC(=O)CCCCCCCCCC)OC(=O)CCCCCCCCCCCC. The predicted molar refractivity (Wildman–Crippen MR) is 382 cm³/mol. The molecule has 0 amide bonds. The zero-order chi connectivity index (χ0) is 69.0. The number of phosphoric ester groups is 2. The van der Waals surface area contributed by atoms with Crippen molar-refractivity contribution in [1.82, 2.24) is 0 Å². The third-order valence-electron chi connectivity index (χ3n) is 17.6. The summed E-state index contributed by atoms with van der Waals surface area (Å²) in [7, 11) is -9.90. The number of esters is 4. The topological polar surface area (TPSA) is 237 Å². The normalized spacial score (nSPS) is 13.9. The quantitative estimate of drug-likeness (QED) is 0.0222. The van der Waals surface area contributed by atoms with Gasteiger partial charge in [-0.25, -0.2) is 9.13 Å². The maximum Gasteiger partial charge on any atom is 0.472 e. The van der Waals surface area contributed by atoms with Crippen LogP contribution < -0.4 is 0 Å². The van der Waals surface area contributed by atoms with Gasteiger partial charge in [0.1, 0.15) is 19.3 Å². The van der Waals surface area contributed by atoms with Crippen LogP contribution in [-0.2, 0) is 65.4 Å².